The molecule has 0 aromatic carbocycles. The first-order valence-corrected chi connectivity index (χ1v) is 5.61. The Hall–Kier alpha value is -2.47. The smallest absolute Gasteiger partial charge is 0.113 e. The standard InChI is InChI=1S/C15H13N3/c1-12(16-2)14-4-6-15(18-11-14)5-3-13-7-9-17-10-8-13/h4,6-11H,1-2H3. The van der Waals surface area contributed by atoms with Crippen LogP contribution in [0, 0.1) is 11.8 Å². The molecule has 0 saturated heterocycles. The van der Waals surface area contributed by atoms with Crippen LogP contribution in [-0.4, -0.2) is 22.7 Å². The van der Waals surface area contributed by atoms with Crippen LogP contribution in [0.3, 0.4) is 0 Å². The zero-order chi connectivity index (χ0) is 12.8. The molecular weight excluding hydrogens is 222 g/mol. The summed E-state index contributed by atoms with van der Waals surface area (Å²) in [6, 6.07) is 7.62. The van der Waals surface area contributed by atoms with Crippen molar-refractivity contribution in [3.8, 4) is 11.8 Å². The molecule has 0 amide bonds. The monoisotopic (exact) mass is 235 g/mol. The second-order valence-corrected chi connectivity index (χ2v) is 3.73. The van der Waals surface area contributed by atoms with Gasteiger partial charge in [-0.15, -0.1) is 0 Å². The molecule has 0 saturated carbocycles. The fraction of sp³-hybridized carbons (Fsp3) is 0.133. The molecule has 18 heavy (non-hydrogen) atoms. The quantitative estimate of drug-likeness (QED) is 0.562. The van der Waals surface area contributed by atoms with E-state index in [0.29, 0.717) is 0 Å². The normalized spacial score (nSPS) is 10.7. The van der Waals surface area contributed by atoms with Gasteiger partial charge in [-0.05, 0) is 37.1 Å². The van der Waals surface area contributed by atoms with Gasteiger partial charge in [-0.2, -0.15) is 0 Å². The average molecular weight is 235 g/mol. The molecule has 3 nitrogen and oxygen atoms in total. The van der Waals surface area contributed by atoms with E-state index in [4.69, 9.17) is 0 Å². The minimum absolute atomic E-state index is 0.750. The van der Waals surface area contributed by atoms with Crippen molar-refractivity contribution < 1.29 is 0 Å². The van der Waals surface area contributed by atoms with Gasteiger partial charge in [0.1, 0.15) is 5.69 Å². The van der Waals surface area contributed by atoms with Crippen molar-refractivity contribution in [3.63, 3.8) is 0 Å². The van der Waals surface area contributed by atoms with Gasteiger partial charge in [0.05, 0.1) is 0 Å². The Morgan fingerprint density at radius 3 is 2.50 bits per heavy atom. The Morgan fingerprint density at radius 2 is 1.89 bits per heavy atom. The fourth-order valence-corrected chi connectivity index (χ4v) is 1.38. The van der Waals surface area contributed by atoms with E-state index in [0.717, 1.165) is 22.5 Å². The lowest BCUT2D eigenvalue weighted by Gasteiger charge is -1.98. The minimum atomic E-state index is 0.750. The molecule has 2 aromatic rings. The fourth-order valence-electron chi connectivity index (χ4n) is 1.38. The van der Waals surface area contributed by atoms with Gasteiger partial charge in [-0.3, -0.25) is 9.98 Å². The highest BCUT2D eigenvalue weighted by Crippen LogP contribution is 2.01. The highest BCUT2D eigenvalue weighted by Gasteiger charge is 1.96. The van der Waals surface area contributed by atoms with Crippen LogP contribution in [0.5, 0.6) is 0 Å². The van der Waals surface area contributed by atoms with Crippen LogP contribution in [0.4, 0.5) is 0 Å². The first-order chi connectivity index (χ1) is 8.79. The van der Waals surface area contributed by atoms with E-state index in [1.807, 2.05) is 31.2 Å². The second kappa shape index (κ2) is 5.74. The van der Waals surface area contributed by atoms with Crippen LogP contribution in [0.15, 0.2) is 47.8 Å². The van der Waals surface area contributed by atoms with Crippen LogP contribution in [0.1, 0.15) is 23.7 Å². The van der Waals surface area contributed by atoms with Gasteiger partial charge >= 0.3 is 0 Å². The van der Waals surface area contributed by atoms with Crippen LogP contribution >= 0.6 is 0 Å². The maximum absolute atomic E-state index is 4.29. The summed E-state index contributed by atoms with van der Waals surface area (Å²) in [5.74, 6) is 6.06. The summed E-state index contributed by atoms with van der Waals surface area (Å²) in [6.45, 7) is 1.96. The number of pyridine rings is 2. The van der Waals surface area contributed by atoms with Gasteiger partial charge < -0.3 is 0 Å². The van der Waals surface area contributed by atoms with Crippen LogP contribution in [0.2, 0.25) is 0 Å². The Bertz CT molecular complexity index is 602. The third-order valence-electron chi connectivity index (χ3n) is 2.53. The van der Waals surface area contributed by atoms with Crippen LogP contribution in [0.25, 0.3) is 0 Å². The summed E-state index contributed by atoms with van der Waals surface area (Å²) in [5, 5.41) is 0. The molecule has 0 radical (unpaired) electrons. The van der Waals surface area contributed by atoms with Gasteiger partial charge in [0, 0.05) is 42.5 Å². The number of aliphatic imine (C=N–C) groups is 1. The summed E-state index contributed by atoms with van der Waals surface area (Å²) in [7, 11) is 1.77. The van der Waals surface area contributed by atoms with Crippen LogP contribution in [-0.2, 0) is 0 Å². The molecule has 0 bridgehead atoms. The number of hydrogen-bond donors (Lipinski definition) is 0. The minimum Gasteiger partial charge on any atom is -0.293 e. The molecule has 0 aliphatic carbocycles. The van der Waals surface area contributed by atoms with Crippen LogP contribution < -0.4 is 0 Å². The number of aromatic nitrogens is 2. The summed E-state index contributed by atoms with van der Waals surface area (Å²) in [5.41, 5.74) is 3.67. The third kappa shape index (κ3) is 3.02. The van der Waals surface area contributed by atoms with Gasteiger partial charge in [0.15, 0.2) is 0 Å². The molecule has 0 fully saturated rings. The van der Waals surface area contributed by atoms with Gasteiger partial charge in [0.2, 0.25) is 0 Å². The Balaban J connectivity index is 2.19. The maximum atomic E-state index is 4.29. The molecule has 88 valence electrons. The Morgan fingerprint density at radius 1 is 1.11 bits per heavy atom. The molecule has 2 aromatic heterocycles. The lowest BCUT2D eigenvalue weighted by molar-refractivity contribution is 1.27. The summed E-state index contributed by atoms with van der Waals surface area (Å²) < 4.78 is 0. The Labute approximate surface area is 107 Å². The molecule has 0 aliphatic heterocycles. The van der Waals surface area contributed by atoms with E-state index in [1.165, 1.54) is 0 Å². The van der Waals surface area contributed by atoms with Gasteiger partial charge in [0.25, 0.3) is 0 Å². The molecular formula is C15H13N3. The zero-order valence-electron chi connectivity index (χ0n) is 10.4. The second-order valence-electron chi connectivity index (χ2n) is 3.73. The van der Waals surface area contributed by atoms with Crippen molar-refractivity contribution in [2.45, 2.75) is 6.92 Å². The average Bonchev–Trinajstić information content (AvgIpc) is 2.46. The van der Waals surface area contributed by atoms with E-state index in [2.05, 4.69) is 26.8 Å². The largest absolute Gasteiger partial charge is 0.293 e. The third-order valence-corrected chi connectivity index (χ3v) is 2.53. The molecule has 2 heterocycles. The van der Waals surface area contributed by atoms with E-state index in [9.17, 15) is 0 Å². The molecule has 0 N–H and O–H groups in total. The lowest BCUT2D eigenvalue weighted by Crippen LogP contribution is -1.95. The van der Waals surface area contributed by atoms with Crippen molar-refractivity contribution in [2.75, 3.05) is 7.05 Å². The van der Waals surface area contributed by atoms with E-state index < -0.39 is 0 Å². The van der Waals surface area contributed by atoms with Crippen molar-refractivity contribution in [2.24, 2.45) is 4.99 Å². The summed E-state index contributed by atoms with van der Waals surface area (Å²) in [4.78, 5) is 12.4. The summed E-state index contributed by atoms with van der Waals surface area (Å²) in [6.07, 6.45) is 5.24. The molecule has 0 spiro atoms. The molecule has 0 atom stereocenters. The number of hydrogen-bond acceptors (Lipinski definition) is 3. The van der Waals surface area contributed by atoms with Crippen molar-refractivity contribution >= 4 is 5.71 Å². The summed E-state index contributed by atoms with van der Waals surface area (Å²) >= 11 is 0. The lowest BCUT2D eigenvalue weighted by atomic mass is 10.2. The molecule has 0 unspecified atom stereocenters. The van der Waals surface area contributed by atoms with Crippen molar-refractivity contribution in [3.05, 3.63) is 59.7 Å². The van der Waals surface area contributed by atoms with Gasteiger partial charge in [-0.25, -0.2) is 4.98 Å². The SMILES string of the molecule is CN=C(C)c1ccc(C#Cc2ccncc2)nc1. The number of rotatable bonds is 1. The molecule has 3 heteroatoms. The zero-order valence-corrected chi connectivity index (χ0v) is 10.4. The van der Waals surface area contributed by atoms with E-state index in [1.54, 1.807) is 25.6 Å². The highest BCUT2D eigenvalue weighted by molar-refractivity contribution is 5.98. The maximum Gasteiger partial charge on any atom is 0.113 e. The molecule has 2 rings (SSSR count). The van der Waals surface area contributed by atoms with Crippen molar-refractivity contribution in [1.29, 1.82) is 0 Å². The van der Waals surface area contributed by atoms with Crippen molar-refractivity contribution in [1.82, 2.24) is 9.97 Å². The Kier molecular flexibility index (Phi) is 3.83. The first-order valence-electron chi connectivity index (χ1n) is 5.61. The first kappa shape index (κ1) is 12.0. The van der Waals surface area contributed by atoms with E-state index in [-0.39, 0.29) is 0 Å². The predicted octanol–water partition coefficient (Wildman–Crippen LogP) is 2.32. The number of nitrogens with zero attached hydrogens (tertiary/aromatic N) is 3. The van der Waals surface area contributed by atoms with E-state index >= 15 is 0 Å². The molecule has 0 aliphatic rings. The van der Waals surface area contributed by atoms with Gasteiger partial charge in [-0.1, -0.05) is 5.92 Å². The topological polar surface area (TPSA) is 38.1 Å². The highest BCUT2D eigenvalue weighted by atomic mass is 14.7. The predicted molar refractivity (Wildman–Crippen MR) is 72.6 cm³/mol.